The van der Waals surface area contributed by atoms with Gasteiger partial charge in [-0.05, 0) is 112 Å². The van der Waals surface area contributed by atoms with E-state index in [0.717, 1.165) is 0 Å². The topological polar surface area (TPSA) is 0 Å². The van der Waals surface area contributed by atoms with Crippen LogP contribution in [-0.2, 0) is 0 Å². The summed E-state index contributed by atoms with van der Waals surface area (Å²) in [6.07, 6.45) is 0. The Hall–Kier alpha value is 0.260. The molecule has 0 aliphatic rings. The smallest absolute Gasteiger partial charge is 0.0743 e. The highest BCUT2D eigenvalue weighted by Crippen LogP contribution is 2.44. The molecule has 0 bridgehead atoms. The van der Waals surface area contributed by atoms with Crippen LogP contribution in [0.4, 0.5) is 0 Å². The van der Waals surface area contributed by atoms with E-state index in [1.165, 1.54) is 61.3 Å². The first kappa shape index (κ1) is 24.9. The van der Waals surface area contributed by atoms with Crippen LogP contribution in [0.2, 0.25) is 0 Å². The van der Waals surface area contributed by atoms with Crippen molar-refractivity contribution >= 4 is 125 Å². The molecule has 0 aliphatic carbocycles. The number of benzene rings is 3. The number of thiophene rings is 2. The number of aryl methyl sites for hydroxylation is 2. The highest BCUT2D eigenvalue weighted by atomic mass is 127. The largest absolute Gasteiger partial charge is 0.128 e. The van der Waals surface area contributed by atoms with Crippen molar-refractivity contribution < 1.29 is 0 Å². The number of hydrogen-bond donors (Lipinski definition) is 0. The first-order valence-corrected chi connectivity index (χ1v) is 18.3. The molecular weight excluding hydrogens is 670 g/mol. The van der Waals surface area contributed by atoms with Gasteiger partial charge in [0.1, 0.15) is 0 Å². The van der Waals surface area contributed by atoms with Gasteiger partial charge < -0.3 is 0 Å². The third kappa shape index (κ3) is 4.51. The highest BCUT2D eigenvalue weighted by Gasteiger charge is 2.12. The van der Waals surface area contributed by atoms with Crippen LogP contribution >= 0.6 is 83.0 Å². The second-order valence-electron chi connectivity index (χ2n) is 6.43. The van der Waals surface area contributed by atoms with Gasteiger partial charge in [0.15, 0.2) is 0 Å². The first-order valence-electron chi connectivity index (χ1n) is 10.00. The van der Waals surface area contributed by atoms with Crippen molar-refractivity contribution in [3.8, 4) is 0 Å². The molecule has 30 heavy (non-hydrogen) atoms. The molecule has 3 aromatic carbocycles. The van der Waals surface area contributed by atoms with Crippen molar-refractivity contribution in [3.63, 3.8) is 0 Å². The van der Waals surface area contributed by atoms with Gasteiger partial charge in [-0.2, -0.15) is 0 Å². The SMILES string of the molecule is CC.CC.Cc1c(SI)sc2cc3cc4cc5c(C)c(SI)sc5cc4cc3cc12. The molecule has 2 aromatic heterocycles. The van der Waals surface area contributed by atoms with Crippen molar-refractivity contribution in [1.29, 1.82) is 0 Å². The van der Waals surface area contributed by atoms with Crippen LogP contribution in [-0.4, -0.2) is 0 Å². The number of halogens is 2. The molecule has 0 spiro atoms. The van der Waals surface area contributed by atoms with E-state index in [9.17, 15) is 0 Å². The van der Waals surface area contributed by atoms with Crippen LogP contribution in [0.15, 0.2) is 44.8 Å². The van der Waals surface area contributed by atoms with Gasteiger partial charge in [0.05, 0.1) is 8.42 Å². The van der Waals surface area contributed by atoms with Gasteiger partial charge >= 0.3 is 0 Å². The Morgan fingerprint density at radius 3 is 1.23 bits per heavy atom. The molecule has 5 rings (SSSR count). The van der Waals surface area contributed by atoms with E-state index in [-0.39, 0.29) is 0 Å². The van der Waals surface area contributed by atoms with Gasteiger partial charge in [-0.3, -0.25) is 0 Å². The predicted octanol–water partition coefficient (Wildman–Crippen LogP) is 12.0. The fraction of sp³-hybridized carbons (Fsp3) is 0.250. The maximum Gasteiger partial charge on any atom is 0.0743 e. The zero-order valence-electron chi connectivity index (χ0n) is 17.9. The summed E-state index contributed by atoms with van der Waals surface area (Å²) in [4.78, 5) is 0. The molecule has 0 radical (unpaired) electrons. The van der Waals surface area contributed by atoms with Gasteiger partial charge in [0, 0.05) is 51.8 Å². The van der Waals surface area contributed by atoms with Crippen LogP contribution in [0, 0.1) is 13.8 Å². The zero-order valence-corrected chi connectivity index (χ0v) is 25.4. The minimum atomic E-state index is 1.34. The van der Waals surface area contributed by atoms with E-state index >= 15 is 0 Å². The van der Waals surface area contributed by atoms with E-state index in [4.69, 9.17) is 0 Å². The Morgan fingerprint density at radius 2 is 0.900 bits per heavy atom. The summed E-state index contributed by atoms with van der Waals surface area (Å²) in [6.45, 7) is 12.5. The second kappa shape index (κ2) is 10.9. The molecule has 0 nitrogen and oxygen atoms in total. The lowest BCUT2D eigenvalue weighted by molar-refractivity contribution is 1.47. The Bertz CT molecular complexity index is 1230. The Morgan fingerprint density at radius 1 is 0.567 bits per heavy atom. The van der Waals surface area contributed by atoms with Gasteiger partial charge in [0.25, 0.3) is 0 Å². The molecule has 0 fully saturated rings. The highest BCUT2D eigenvalue weighted by molar-refractivity contribution is 14.2. The van der Waals surface area contributed by atoms with Crippen molar-refractivity contribution in [2.45, 2.75) is 50.0 Å². The molecule has 2 heterocycles. The molecule has 0 saturated heterocycles. The maximum absolute atomic E-state index is 2.39. The lowest BCUT2D eigenvalue weighted by Gasteiger charge is -2.05. The zero-order chi connectivity index (χ0) is 22.0. The summed E-state index contributed by atoms with van der Waals surface area (Å²) in [5.41, 5.74) is 2.83. The third-order valence-corrected chi connectivity index (χ3v) is 13.4. The first-order chi connectivity index (χ1) is 14.6. The normalized spacial score (nSPS) is 10.9. The van der Waals surface area contributed by atoms with Crippen molar-refractivity contribution in [2.75, 3.05) is 0 Å². The Kier molecular flexibility index (Phi) is 9.06. The Labute approximate surface area is 219 Å². The number of hydrogen-bond acceptors (Lipinski definition) is 4. The average Bonchev–Trinajstić information content (AvgIpc) is 3.27. The maximum atomic E-state index is 2.39. The number of fused-ring (bicyclic) bond motifs is 4. The molecule has 0 aliphatic heterocycles. The predicted molar refractivity (Wildman–Crippen MR) is 164 cm³/mol. The second-order valence-corrected chi connectivity index (χ2v) is 12.8. The minimum Gasteiger partial charge on any atom is -0.128 e. The average molecular weight is 695 g/mol. The van der Waals surface area contributed by atoms with Crippen LogP contribution in [0.3, 0.4) is 0 Å². The summed E-state index contributed by atoms with van der Waals surface area (Å²) in [5.74, 6) is 0. The van der Waals surface area contributed by atoms with Crippen molar-refractivity contribution in [2.24, 2.45) is 0 Å². The quantitative estimate of drug-likeness (QED) is 0.133. The van der Waals surface area contributed by atoms with Crippen LogP contribution in [0.5, 0.6) is 0 Å². The van der Waals surface area contributed by atoms with E-state index in [2.05, 4.69) is 92.7 Å². The van der Waals surface area contributed by atoms with Gasteiger partial charge in [-0.15, -0.1) is 22.7 Å². The van der Waals surface area contributed by atoms with Crippen LogP contribution < -0.4 is 0 Å². The molecule has 0 unspecified atom stereocenters. The monoisotopic (exact) mass is 694 g/mol. The van der Waals surface area contributed by atoms with E-state index < -0.39 is 0 Å². The molecule has 158 valence electrons. The minimum absolute atomic E-state index is 1.34. The summed E-state index contributed by atoms with van der Waals surface area (Å²) in [5, 5.41) is 8.16. The summed E-state index contributed by atoms with van der Waals surface area (Å²) in [6, 6.07) is 14.2. The standard InChI is InChI=1S/C20H12I2S4.2C2H6/c1-9-15-5-11-3-14-8-18-16(10(2)20(24-18)26-22)6-12(14)4-13(11)7-17(15)23-19(9)25-21;2*1-2/h3-8H,1-2H3;2*1-2H3. The van der Waals surface area contributed by atoms with E-state index in [1.807, 2.05) is 68.2 Å². The van der Waals surface area contributed by atoms with E-state index in [0.29, 0.717) is 0 Å². The summed E-state index contributed by atoms with van der Waals surface area (Å²) in [7, 11) is 3.65. The number of rotatable bonds is 2. The van der Waals surface area contributed by atoms with Crippen molar-refractivity contribution in [3.05, 3.63) is 47.5 Å². The van der Waals surface area contributed by atoms with E-state index in [1.54, 1.807) is 0 Å². The molecule has 5 aromatic rings. The van der Waals surface area contributed by atoms with Crippen molar-refractivity contribution in [1.82, 2.24) is 0 Å². The molecule has 0 atom stereocenters. The molecule has 0 N–H and O–H groups in total. The molecule has 6 heteroatoms. The lowest BCUT2D eigenvalue weighted by atomic mass is 10.00. The fourth-order valence-electron chi connectivity index (χ4n) is 3.53. The molecular formula is C24H24I2S4. The molecule has 0 amide bonds. The lowest BCUT2D eigenvalue weighted by Crippen LogP contribution is -1.79. The van der Waals surface area contributed by atoms with Gasteiger partial charge in [-0.25, -0.2) is 0 Å². The summed E-state index contributed by atoms with van der Waals surface area (Å²) < 4.78 is 5.62. The fourth-order valence-corrected chi connectivity index (χ4v) is 10.3. The third-order valence-electron chi connectivity index (χ3n) is 4.96. The van der Waals surface area contributed by atoms with Gasteiger partial charge in [-0.1, -0.05) is 27.7 Å². The molecule has 0 saturated carbocycles. The van der Waals surface area contributed by atoms with Gasteiger partial charge in [0.2, 0.25) is 0 Å². The van der Waals surface area contributed by atoms with Crippen LogP contribution in [0.25, 0.3) is 41.7 Å². The van der Waals surface area contributed by atoms with Crippen LogP contribution in [0.1, 0.15) is 38.8 Å². The summed E-state index contributed by atoms with van der Waals surface area (Å²) >= 11 is 8.60. The Balaban J connectivity index is 0.000000606.